The number of sulfonamides is 1. The molecule has 34 heavy (non-hydrogen) atoms. The Balaban J connectivity index is 1.40. The SMILES string of the molecule is Cc1cc(C)c(S(=O)(=O)N2CCC(N3CCN(Cc4cccc(F)c4)C(=O)C3=O)CC2)c(C)c1. The van der Waals surface area contributed by atoms with Crippen LogP contribution in [-0.4, -0.2) is 66.6 Å². The molecule has 2 saturated heterocycles. The van der Waals surface area contributed by atoms with Gasteiger partial charge in [0.2, 0.25) is 10.0 Å². The topological polar surface area (TPSA) is 78.0 Å². The molecule has 9 heteroatoms. The molecule has 0 radical (unpaired) electrons. The van der Waals surface area contributed by atoms with E-state index in [1.807, 2.05) is 32.9 Å². The number of piperidine rings is 1. The van der Waals surface area contributed by atoms with Crippen LogP contribution in [0.2, 0.25) is 0 Å². The largest absolute Gasteiger partial charge is 0.330 e. The van der Waals surface area contributed by atoms with Gasteiger partial charge in [-0.25, -0.2) is 12.8 Å². The van der Waals surface area contributed by atoms with Crippen molar-refractivity contribution in [2.24, 2.45) is 0 Å². The van der Waals surface area contributed by atoms with E-state index in [0.717, 1.165) is 16.7 Å². The summed E-state index contributed by atoms with van der Waals surface area (Å²) < 4.78 is 41.6. The van der Waals surface area contributed by atoms with E-state index in [1.54, 1.807) is 17.0 Å². The van der Waals surface area contributed by atoms with Crippen molar-refractivity contribution < 1.29 is 22.4 Å². The Kier molecular flexibility index (Phi) is 6.78. The molecule has 0 aliphatic carbocycles. The van der Waals surface area contributed by atoms with Crippen LogP contribution in [0.3, 0.4) is 0 Å². The lowest BCUT2D eigenvalue weighted by atomic mass is 10.0. The van der Waals surface area contributed by atoms with E-state index in [2.05, 4.69) is 0 Å². The minimum absolute atomic E-state index is 0.181. The lowest BCUT2D eigenvalue weighted by Crippen LogP contribution is -2.59. The molecule has 0 bridgehead atoms. The van der Waals surface area contributed by atoms with Crippen LogP contribution in [0, 0.1) is 26.6 Å². The number of hydrogen-bond donors (Lipinski definition) is 0. The van der Waals surface area contributed by atoms with Crippen molar-refractivity contribution in [2.45, 2.75) is 51.1 Å². The minimum atomic E-state index is -3.64. The Morgan fingerprint density at radius 2 is 1.56 bits per heavy atom. The summed E-state index contributed by atoms with van der Waals surface area (Å²) in [6, 6.07) is 9.57. The number of benzene rings is 2. The minimum Gasteiger partial charge on any atom is -0.330 e. The lowest BCUT2D eigenvalue weighted by Gasteiger charge is -2.41. The normalized spacial score (nSPS) is 18.6. The molecular formula is C25H30FN3O4S. The average Bonchev–Trinajstić information content (AvgIpc) is 2.76. The van der Waals surface area contributed by atoms with Crippen molar-refractivity contribution in [2.75, 3.05) is 26.2 Å². The molecule has 2 aliphatic rings. The van der Waals surface area contributed by atoms with Gasteiger partial charge in [-0.15, -0.1) is 0 Å². The summed E-state index contributed by atoms with van der Waals surface area (Å²) in [6.45, 7) is 7.09. The molecular weight excluding hydrogens is 457 g/mol. The summed E-state index contributed by atoms with van der Waals surface area (Å²) in [5.41, 5.74) is 3.12. The van der Waals surface area contributed by atoms with Gasteiger partial charge in [-0.3, -0.25) is 9.59 Å². The molecule has 2 aromatic rings. The van der Waals surface area contributed by atoms with Crippen LogP contribution in [0.5, 0.6) is 0 Å². The molecule has 0 spiro atoms. The van der Waals surface area contributed by atoms with E-state index in [9.17, 15) is 22.4 Å². The van der Waals surface area contributed by atoms with Gasteiger partial charge in [-0.1, -0.05) is 29.8 Å². The van der Waals surface area contributed by atoms with Crippen LogP contribution in [0.1, 0.15) is 35.1 Å². The highest BCUT2D eigenvalue weighted by Crippen LogP contribution is 2.29. The second-order valence-electron chi connectivity index (χ2n) is 9.22. The highest BCUT2D eigenvalue weighted by atomic mass is 32.2. The van der Waals surface area contributed by atoms with Gasteiger partial charge >= 0.3 is 11.8 Å². The first-order valence-electron chi connectivity index (χ1n) is 11.5. The standard InChI is InChI=1S/C25H30FN3O4S/c1-17-13-18(2)23(19(3)14-17)34(32,33)28-9-7-22(8-10-28)29-12-11-27(24(30)25(29)31)16-20-5-4-6-21(26)15-20/h4-6,13-15,22H,7-12,16H2,1-3H3. The van der Waals surface area contributed by atoms with E-state index in [4.69, 9.17) is 0 Å². The molecule has 2 aliphatic heterocycles. The fourth-order valence-electron chi connectivity index (χ4n) is 5.14. The number of piperazine rings is 1. The zero-order chi connectivity index (χ0) is 24.6. The zero-order valence-electron chi connectivity index (χ0n) is 19.8. The van der Waals surface area contributed by atoms with Gasteiger partial charge in [0.1, 0.15) is 5.82 Å². The molecule has 0 unspecified atom stereocenters. The molecule has 0 saturated carbocycles. The van der Waals surface area contributed by atoms with Crippen LogP contribution in [-0.2, 0) is 26.2 Å². The highest BCUT2D eigenvalue weighted by molar-refractivity contribution is 7.89. The number of carbonyl (C=O) groups is 2. The molecule has 2 aromatic carbocycles. The number of halogens is 1. The molecule has 2 fully saturated rings. The average molecular weight is 488 g/mol. The van der Waals surface area contributed by atoms with Crippen molar-refractivity contribution in [3.63, 3.8) is 0 Å². The quantitative estimate of drug-likeness (QED) is 0.608. The molecule has 7 nitrogen and oxygen atoms in total. The summed E-state index contributed by atoms with van der Waals surface area (Å²) in [7, 11) is -3.64. The molecule has 0 atom stereocenters. The summed E-state index contributed by atoms with van der Waals surface area (Å²) in [4.78, 5) is 28.9. The Labute approximate surface area is 200 Å². The Bertz CT molecular complexity index is 1200. The van der Waals surface area contributed by atoms with E-state index in [1.165, 1.54) is 21.3 Å². The van der Waals surface area contributed by atoms with Gasteiger partial charge in [-0.05, 0) is 62.4 Å². The lowest BCUT2D eigenvalue weighted by molar-refractivity contribution is -0.158. The second kappa shape index (κ2) is 9.46. The predicted molar refractivity (Wildman–Crippen MR) is 126 cm³/mol. The van der Waals surface area contributed by atoms with Crippen molar-refractivity contribution >= 4 is 21.8 Å². The van der Waals surface area contributed by atoms with Crippen molar-refractivity contribution in [3.8, 4) is 0 Å². The van der Waals surface area contributed by atoms with Gasteiger partial charge in [0.15, 0.2) is 0 Å². The van der Waals surface area contributed by atoms with Gasteiger partial charge in [0, 0.05) is 38.8 Å². The number of hydrogen-bond acceptors (Lipinski definition) is 4. The van der Waals surface area contributed by atoms with E-state index in [0.29, 0.717) is 49.5 Å². The molecule has 2 amide bonds. The van der Waals surface area contributed by atoms with Crippen LogP contribution < -0.4 is 0 Å². The zero-order valence-corrected chi connectivity index (χ0v) is 20.6. The first kappa shape index (κ1) is 24.3. The summed E-state index contributed by atoms with van der Waals surface area (Å²) in [5.74, 6) is -1.56. The fraction of sp³-hybridized carbons (Fsp3) is 0.440. The molecule has 4 rings (SSSR count). The third-order valence-corrected chi connectivity index (χ3v) is 8.88. The Hall–Kier alpha value is -2.78. The highest BCUT2D eigenvalue weighted by Gasteiger charge is 2.39. The Morgan fingerprint density at radius 1 is 0.912 bits per heavy atom. The Morgan fingerprint density at radius 3 is 2.18 bits per heavy atom. The summed E-state index contributed by atoms with van der Waals surface area (Å²) in [6.07, 6.45) is 0.957. The summed E-state index contributed by atoms with van der Waals surface area (Å²) >= 11 is 0. The van der Waals surface area contributed by atoms with Crippen molar-refractivity contribution in [1.82, 2.24) is 14.1 Å². The molecule has 0 N–H and O–H groups in total. The van der Waals surface area contributed by atoms with Crippen molar-refractivity contribution in [1.29, 1.82) is 0 Å². The first-order chi connectivity index (χ1) is 16.1. The number of aryl methyl sites for hydroxylation is 3. The fourth-order valence-corrected chi connectivity index (χ4v) is 7.02. The monoisotopic (exact) mass is 487 g/mol. The molecule has 0 aromatic heterocycles. The van der Waals surface area contributed by atoms with Crippen LogP contribution in [0.15, 0.2) is 41.3 Å². The van der Waals surface area contributed by atoms with E-state index in [-0.39, 0.29) is 18.4 Å². The van der Waals surface area contributed by atoms with E-state index < -0.39 is 21.8 Å². The number of rotatable bonds is 5. The third-order valence-electron chi connectivity index (χ3n) is 6.67. The summed E-state index contributed by atoms with van der Waals surface area (Å²) in [5, 5.41) is 0. The smallest absolute Gasteiger partial charge is 0.312 e. The predicted octanol–water partition coefficient (Wildman–Crippen LogP) is 2.78. The van der Waals surface area contributed by atoms with Crippen molar-refractivity contribution in [3.05, 3.63) is 64.5 Å². The molecule has 182 valence electrons. The van der Waals surface area contributed by atoms with E-state index >= 15 is 0 Å². The number of amides is 2. The first-order valence-corrected chi connectivity index (χ1v) is 12.9. The van der Waals surface area contributed by atoms with Gasteiger partial charge < -0.3 is 9.80 Å². The maximum Gasteiger partial charge on any atom is 0.312 e. The van der Waals surface area contributed by atoms with Gasteiger partial charge in [0.25, 0.3) is 0 Å². The molecule has 2 heterocycles. The third kappa shape index (κ3) is 4.72. The van der Waals surface area contributed by atoms with Gasteiger partial charge in [0.05, 0.1) is 4.90 Å². The maximum absolute atomic E-state index is 13.5. The van der Waals surface area contributed by atoms with Crippen LogP contribution in [0.25, 0.3) is 0 Å². The second-order valence-corrected chi connectivity index (χ2v) is 11.1. The van der Waals surface area contributed by atoms with Crippen LogP contribution >= 0.6 is 0 Å². The number of nitrogens with zero attached hydrogens (tertiary/aromatic N) is 3. The maximum atomic E-state index is 13.5. The van der Waals surface area contributed by atoms with Gasteiger partial charge in [-0.2, -0.15) is 4.31 Å². The van der Waals surface area contributed by atoms with Crippen LogP contribution in [0.4, 0.5) is 4.39 Å². The number of carbonyl (C=O) groups excluding carboxylic acids is 2.